The van der Waals surface area contributed by atoms with Crippen LogP contribution in [0, 0.1) is 0 Å². The van der Waals surface area contributed by atoms with Gasteiger partial charge in [-0.1, -0.05) is 0 Å². The van der Waals surface area contributed by atoms with Crippen LogP contribution < -0.4 is 5.32 Å². The SMILES string of the molecule is CC(=O)N[C@H]1C(O)O[C@H](CO)[C@@H](O[C@@H]2O[C@H](CO[C@H]3O[C@H](CO[C@@H]4O[C@H](CO)[C@@H](O)[C@H](O)[C@@H]4O[C@H]4O[C@H](CO)[C@@H](O)[C@H](O)[C@@H]4O)[C@@H](O)[C@H](O[C@H]4O[C@H](CO)[C@@H](O)[C@H](O)[C@@H]4O[C@H]4O[C@H](CO)[C@@H](O)[C@H](O)[C@@H]4O)[C@@H]3O)[C@@H](O)[C@H](O[C@H]3O[C@H](CO)[C@@H](O)[C@H](O)[C@@H]3O[C@H]3O[C@H](CO)[C@@H](O)[C@H](O)[C@@H]3O[C@H]3O[C@H](CO)[C@@H](O)[C@H](O[C@H]4O[C@H](CO)[C@@H](O)[C@H](O)[C@H]4O)[C@@H]3O)[C@@H]2O)[C@@H]1O. The summed E-state index contributed by atoms with van der Waals surface area (Å²) >= 11 is 0. The van der Waals surface area contributed by atoms with Crippen LogP contribution in [0.5, 0.6) is 0 Å². The third-order valence-corrected chi connectivity index (χ3v) is 23.4. The van der Waals surface area contributed by atoms with Gasteiger partial charge in [-0.3, -0.25) is 4.79 Å². The van der Waals surface area contributed by atoms with E-state index in [1.54, 1.807) is 0 Å². The van der Waals surface area contributed by atoms with E-state index in [0.29, 0.717) is 0 Å². The molecule has 0 radical (unpaired) electrons. The van der Waals surface area contributed by atoms with E-state index in [1.165, 1.54) is 0 Å². The molecule has 57 nitrogen and oxygen atoms in total. The molecule has 11 saturated heterocycles. The summed E-state index contributed by atoms with van der Waals surface area (Å²) in [6, 6.07) is -1.85. The summed E-state index contributed by atoms with van der Waals surface area (Å²) in [5, 5.41) is 379. The van der Waals surface area contributed by atoms with Gasteiger partial charge in [0.25, 0.3) is 0 Å². The van der Waals surface area contributed by atoms with Crippen LogP contribution >= 0.6 is 0 Å². The van der Waals surface area contributed by atoms with Crippen molar-refractivity contribution >= 4 is 5.91 Å². The number of carbonyl (C=O) groups is 1. The Bertz CT molecular complexity index is 3250. The summed E-state index contributed by atoms with van der Waals surface area (Å²) in [6.45, 7) is -11.8. The number of aliphatic hydroxyl groups is 34. The molecule has 35 N–H and O–H groups in total. The second-order valence-electron chi connectivity index (χ2n) is 31.6. The summed E-state index contributed by atoms with van der Waals surface area (Å²) in [5.74, 6) is -0.906. The Morgan fingerprint density at radius 3 is 0.744 bits per heavy atom. The molecule has 57 heteroatoms. The van der Waals surface area contributed by atoms with Crippen LogP contribution in [-0.4, -0.2) is 590 Å². The summed E-state index contributed by atoms with van der Waals surface area (Å²) in [5.41, 5.74) is 0. The molecule has 0 saturated carbocycles. The quantitative estimate of drug-likeness (QED) is 0.0297. The van der Waals surface area contributed by atoms with E-state index in [0.717, 1.165) is 6.92 Å². The molecular formula is C68H115NO56. The highest BCUT2D eigenvalue weighted by Gasteiger charge is 2.62. The zero-order chi connectivity index (χ0) is 91.7. The number of hydrogen-bond donors (Lipinski definition) is 35. The molecule has 11 aliphatic heterocycles. The summed E-state index contributed by atoms with van der Waals surface area (Å²) < 4.78 is 123. The average Bonchev–Trinajstić information content (AvgIpc) is 0.761. The Morgan fingerprint density at radius 1 is 0.208 bits per heavy atom. The Balaban J connectivity index is 0.930. The van der Waals surface area contributed by atoms with Crippen molar-refractivity contribution in [3.8, 4) is 0 Å². The molecular weight excluding hydrogens is 1730 g/mol. The molecule has 11 fully saturated rings. The van der Waals surface area contributed by atoms with E-state index in [2.05, 4.69) is 5.32 Å². The van der Waals surface area contributed by atoms with Crippen molar-refractivity contribution in [2.75, 3.05) is 72.7 Å². The third-order valence-electron chi connectivity index (χ3n) is 23.4. The highest BCUT2D eigenvalue weighted by Crippen LogP contribution is 2.42. The molecule has 0 aliphatic carbocycles. The Hall–Kier alpha value is -2.73. The molecule has 11 aliphatic rings. The number of nitrogens with one attached hydrogen (secondary N) is 1. The fourth-order valence-corrected chi connectivity index (χ4v) is 16.0. The Labute approximate surface area is 704 Å². The number of amides is 1. The number of rotatable bonds is 32. The second kappa shape index (κ2) is 44.6. The smallest absolute Gasteiger partial charge is 0.217 e. The Kier molecular flexibility index (Phi) is 36.7. The van der Waals surface area contributed by atoms with Crippen LogP contribution in [-0.2, 0) is 104 Å². The molecule has 0 aromatic rings. The number of carbonyl (C=O) groups excluding carboxylic acids is 1. The van der Waals surface area contributed by atoms with Gasteiger partial charge in [-0.2, -0.15) is 0 Å². The summed E-state index contributed by atoms with van der Waals surface area (Å²) in [7, 11) is 0. The first-order valence-electron chi connectivity index (χ1n) is 39.7. The lowest BCUT2D eigenvalue weighted by Gasteiger charge is -2.51. The molecule has 1 amide bonds. The van der Waals surface area contributed by atoms with Crippen LogP contribution in [0.4, 0.5) is 0 Å². The van der Waals surface area contributed by atoms with Crippen molar-refractivity contribution in [1.29, 1.82) is 0 Å². The lowest BCUT2D eigenvalue weighted by atomic mass is 9.94. The highest BCUT2D eigenvalue weighted by molar-refractivity contribution is 5.73. The lowest BCUT2D eigenvalue weighted by molar-refractivity contribution is -0.411. The van der Waals surface area contributed by atoms with Crippen LogP contribution in [0.2, 0.25) is 0 Å². The molecule has 1 unspecified atom stereocenters. The first-order chi connectivity index (χ1) is 59.3. The van der Waals surface area contributed by atoms with Crippen molar-refractivity contribution in [2.24, 2.45) is 0 Å². The lowest BCUT2D eigenvalue weighted by Crippen LogP contribution is -2.69. The fourth-order valence-electron chi connectivity index (χ4n) is 16.0. The van der Waals surface area contributed by atoms with Gasteiger partial charge < -0.3 is 278 Å². The van der Waals surface area contributed by atoms with Crippen LogP contribution in [0.3, 0.4) is 0 Å². The number of hydrogen-bond acceptors (Lipinski definition) is 56. The molecule has 11 rings (SSSR count). The average molecular weight is 1840 g/mol. The van der Waals surface area contributed by atoms with Crippen LogP contribution in [0.15, 0.2) is 0 Å². The van der Waals surface area contributed by atoms with Gasteiger partial charge in [0.2, 0.25) is 5.91 Å². The van der Waals surface area contributed by atoms with Gasteiger partial charge in [0.1, 0.15) is 269 Å². The minimum atomic E-state index is -2.63. The zero-order valence-electron chi connectivity index (χ0n) is 65.7. The topological polar surface area (TPSA) is 911 Å². The maximum Gasteiger partial charge on any atom is 0.217 e. The van der Waals surface area contributed by atoms with E-state index >= 15 is 0 Å². The van der Waals surface area contributed by atoms with Gasteiger partial charge in [0, 0.05) is 6.92 Å². The maximum atomic E-state index is 12.7. The van der Waals surface area contributed by atoms with Gasteiger partial charge in [0.15, 0.2) is 69.2 Å². The number of aliphatic hydroxyl groups excluding tert-OH is 34. The second-order valence-corrected chi connectivity index (χ2v) is 31.6. The molecule has 0 bridgehead atoms. The first kappa shape index (κ1) is 103. The predicted octanol–water partition coefficient (Wildman–Crippen LogP) is -24.8. The van der Waals surface area contributed by atoms with Crippen LogP contribution in [0.1, 0.15) is 6.92 Å². The first-order valence-corrected chi connectivity index (χ1v) is 39.7. The normalized spacial score (nSPS) is 52.7. The van der Waals surface area contributed by atoms with E-state index in [1.807, 2.05) is 0 Å². The maximum absolute atomic E-state index is 12.7. The van der Waals surface area contributed by atoms with Crippen molar-refractivity contribution in [1.82, 2.24) is 5.32 Å². The largest absolute Gasteiger partial charge is 0.394 e. The molecule has 0 spiro atoms. The van der Waals surface area contributed by atoms with Crippen molar-refractivity contribution in [3.05, 3.63) is 0 Å². The fraction of sp³-hybridized carbons (Fsp3) is 0.985. The summed E-state index contributed by atoms with van der Waals surface area (Å²) in [4.78, 5) is 12.4. The highest BCUT2D eigenvalue weighted by atomic mass is 16.8. The molecule has 11 heterocycles. The van der Waals surface area contributed by atoms with Gasteiger partial charge in [0.05, 0.1) is 72.7 Å². The summed E-state index contributed by atoms with van der Waals surface area (Å²) in [6.07, 6.45) is -119. The zero-order valence-corrected chi connectivity index (χ0v) is 65.7. The van der Waals surface area contributed by atoms with E-state index < -0.39 is 416 Å². The third kappa shape index (κ3) is 21.8. The van der Waals surface area contributed by atoms with Crippen molar-refractivity contribution in [2.45, 2.75) is 345 Å². The minimum Gasteiger partial charge on any atom is -0.394 e. The molecule has 0 aromatic heterocycles. The molecule has 728 valence electrons. The van der Waals surface area contributed by atoms with Gasteiger partial charge >= 0.3 is 0 Å². The minimum absolute atomic E-state index is 0.906. The van der Waals surface area contributed by atoms with E-state index in [9.17, 15) is 178 Å². The standard InChI is InChI=1S/C68H115NO56/c1-13(79)69-25-36(90)50(22(10-78)107-58(25)104)118-64-49(103)53(121-67-57(43(97)32(86)19(7-75)114-67)125-68-56(42(96)31(85)20(8-76)115-68)124-63-48(102)51(33(87)21(9-77)111-63)119-60-44(98)37(91)26(80)14(2-70)108-60)35(89)24(117-64)11-105-59-47(101)52(120-66-55(41(95)30(84)18(6-74)113-66)123-62-46(100)39(93)28(82)16(4-72)110-62)34(88)23(116-59)12-106-65-54(40(94)29(83)17(5-73)112-65)122-61-45(99)38(92)27(81)15(3-71)109-61/h14-68,70-78,80-104H,2-12H2,1H3,(H,69,79)/t14-,15-,16-,17-,18-,19-,20-,21-,22-,23-,24-,25-,26-,27-,28-,29-,30-,31-,32-,33-,34-,35-,36-,37+,38+,39+,40+,41+,42+,43+,44-,45+,46+,47+,48+,49+,50-,51+,52+,53+,54+,55+,56+,57+,58?,59+,60-,61-,62-,63-,64+,65-,66-,67-,68-/m1/s1. The van der Waals surface area contributed by atoms with Gasteiger partial charge in [-0.05, 0) is 0 Å². The van der Waals surface area contributed by atoms with Crippen LogP contribution in [0.25, 0.3) is 0 Å². The number of ether oxygens (including phenoxy) is 21. The molecule has 125 heavy (non-hydrogen) atoms. The molecule has 0 aromatic carbocycles. The monoisotopic (exact) mass is 1840 g/mol. The van der Waals surface area contributed by atoms with Crippen molar-refractivity contribution < 1.29 is 278 Å². The predicted molar refractivity (Wildman–Crippen MR) is 374 cm³/mol. The van der Waals surface area contributed by atoms with E-state index in [-0.39, 0.29) is 0 Å². The van der Waals surface area contributed by atoms with Crippen molar-refractivity contribution in [3.63, 3.8) is 0 Å². The molecule has 55 atom stereocenters. The Morgan fingerprint density at radius 2 is 0.424 bits per heavy atom. The van der Waals surface area contributed by atoms with Gasteiger partial charge in [-0.25, -0.2) is 0 Å². The van der Waals surface area contributed by atoms with E-state index in [4.69, 9.17) is 99.5 Å². The van der Waals surface area contributed by atoms with Gasteiger partial charge in [-0.15, -0.1) is 0 Å².